The molecular weight excluding hydrogens is 280 g/mol. The van der Waals surface area contributed by atoms with E-state index in [1.807, 2.05) is 0 Å². The van der Waals surface area contributed by atoms with Gasteiger partial charge in [-0.15, -0.1) is 0 Å². The first-order chi connectivity index (χ1) is 11.1. The van der Waals surface area contributed by atoms with E-state index in [0.29, 0.717) is 0 Å². The van der Waals surface area contributed by atoms with E-state index < -0.39 is 0 Å². The third-order valence-electron chi connectivity index (χ3n) is 5.33. The van der Waals surface area contributed by atoms with Crippen LogP contribution in [-0.4, -0.2) is 31.6 Å². The fourth-order valence-corrected chi connectivity index (χ4v) is 3.68. The van der Waals surface area contributed by atoms with Crippen LogP contribution in [0.4, 0.5) is 5.69 Å². The molecule has 1 aliphatic rings. The molecule has 0 atom stereocenters. The summed E-state index contributed by atoms with van der Waals surface area (Å²) < 4.78 is 0. The lowest BCUT2D eigenvalue weighted by molar-refractivity contribution is 0.195. The molecule has 2 aromatic carbocycles. The van der Waals surface area contributed by atoms with E-state index in [1.54, 1.807) is 0 Å². The smallest absolute Gasteiger partial charge is 0.0370 e. The first-order valence-corrected chi connectivity index (χ1v) is 8.64. The highest BCUT2D eigenvalue weighted by Crippen LogP contribution is 2.35. The molecule has 0 unspecified atom stereocenters. The van der Waals surface area contributed by atoms with E-state index in [0.717, 1.165) is 6.54 Å². The van der Waals surface area contributed by atoms with Gasteiger partial charge in [-0.05, 0) is 64.0 Å². The molecule has 0 amide bonds. The second kappa shape index (κ2) is 6.76. The lowest BCUT2D eigenvalue weighted by atomic mass is 9.72. The van der Waals surface area contributed by atoms with Crippen LogP contribution in [0.3, 0.4) is 0 Å². The van der Waals surface area contributed by atoms with E-state index in [4.69, 9.17) is 0 Å². The molecular formula is C21H28N2. The molecule has 1 heterocycles. The molecule has 0 aliphatic carbocycles. The van der Waals surface area contributed by atoms with Crippen LogP contribution in [-0.2, 0) is 5.41 Å². The number of nitrogens with zero attached hydrogens (tertiary/aromatic N) is 1. The average Bonchev–Trinajstić information content (AvgIpc) is 2.57. The lowest BCUT2D eigenvalue weighted by Crippen LogP contribution is -2.45. The van der Waals surface area contributed by atoms with E-state index in [-0.39, 0.29) is 5.41 Å². The molecule has 3 rings (SSSR count). The molecule has 0 aromatic heterocycles. The summed E-state index contributed by atoms with van der Waals surface area (Å²) in [6, 6.07) is 17.7. The Hall–Kier alpha value is -1.80. The normalized spacial score (nSPS) is 17.9. The summed E-state index contributed by atoms with van der Waals surface area (Å²) >= 11 is 0. The lowest BCUT2D eigenvalue weighted by Gasteiger charge is -2.41. The van der Waals surface area contributed by atoms with Gasteiger partial charge in [0.15, 0.2) is 0 Å². The molecule has 1 saturated heterocycles. The number of hydrogen-bond donors (Lipinski definition) is 1. The highest BCUT2D eigenvalue weighted by atomic mass is 15.1. The van der Waals surface area contributed by atoms with Gasteiger partial charge in [-0.3, -0.25) is 0 Å². The maximum atomic E-state index is 3.75. The van der Waals surface area contributed by atoms with Crippen molar-refractivity contribution in [2.24, 2.45) is 0 Å². The van der Waals surface area contributed by atoms with Crippen molar-refractivity contribution in [3.8, 4) is 0 Å². The Labute approximate surface area is 140 Å². The monoisotopic (exact) mass is 308 g/mol. The van der Waals surface area contributed by atoms with Gasteiger partial charge in [0.1, 0.15) is 0 Å². The summed E-state index contributed by atoms with van der Waals surface area (Å²) in [4.78, 5) is 2.44. The molecule has 2 heteroatoms. The van der Waals surface area contributed by atoms with Crippen molar-refractivity contribution in [3.05, 3.63) is 65.2 Å². The van der Waals surface area contributed by atoms with Crippen LogP contribution in [0, 0.1) is 13.8 Å². The van der Waals surface area contributed by atoms with E-state index >= 15 is 0 Å². The summed E-state index contributed by atoms with van der Waals surface area (Å²) in [6.45, 7) is 7.69. The zero-order chi connectivity index (χ0) is 16.3. The number of nitrogens with one attached hydrogen (secondary N) is 1. The van der Waals surface area contributed by atoms with Crippen molar-refractivity contribution in [3.63, 3.8) is 0 Å². The number of likely N-dealkylation sites (tertiary alicyclic amines) is 1. The van der Waals surface area contributed by atoms with Crippen molar-refractivity contribution < 1.29 is 0 Å². The molecule has 1 aliphatic heterocycles. The van der Waals surface area contributed by atoms with Gasteiger partial charge in [-0.1, -0.05) is 48.0 Å². The molecule has 1 fully saturated rings. The third kappa shape index (κ3) is 3.59. The maximum absolute atomic E-state index is 3.75. The van der Waals surface area contributed by atoms with Crippen molar-refractivity contribution in [1.29, 1.82) is 0 Å². The highest BCUT2D eigenvalue weighted by Gasteiger charge is 2.35. The van der Waals surface area contributed by atoms with E-state index in [1.165, 1.54) is 48.3 Å². The Bertz CT molecular complexity index is 640. The predicted octanol–water partition coefficient (Wildman–Crippen LogP) is 4.38. The number of hydrogen-bond acceptors (Lipinski definition) is 2. The Morgan fingerprint density at radius 2 is 1.70 bits per heavy atom. The Kier molecular flexibility index (Phi) is 4.72. The summed E-state index contributed by atoms with van der Waals surface area (Å²) in [5.74, 6) is 0. The number of anilines is 1. The summed E-state index contributed by atoms with van der Waals surface area (Å²) in [6.07, 6.45) is 2.43. The Balaban J connectivity index is 1.82. The first kappa shape index (κ1) is 16.1. The molecule has 0 bridgehead atoms. The predicted molar refractivity (Wildman–Crippen MR) is 99.3 cm³/mol. The van der Waals surface area contributed by atoms with Crippen LogP contribution in [0.25, 0.3) is 0 Å². The van der Waals surface area contributed by atoms with Crippen LogP contribution in [0.15, 0.2) is 48.5 Å². The summed E-state index contributed by atoms with van der Waals surface area (Å²) in [5.41, 5.74) is 5.65. The number of aryl methyl sites for hydroxylation is 2. The molecule has 23 heavy (non-hydrogen) atoms. The fourth-order valence-electron chi connectivity index (χ4n) is 3.68. The summed E-state index contributed by atoms with van der Waals surface area (Å²) in [5, 5.41) is 3.75. The minimum atomic E-state index is 0.241. The molecule has 0 radical (unpaired) electrons. The van der Waals surface area contributed by atoms with Crippen LogP contribution in [0.5, 0.6) is 0 Å². The maximum Gasteiger partial charge on any atom is 0.0370 e. The van der Waals surface area contributed by atoms with Crippen molar-refractivity contribution in [2.75, 3.05) is 32.0 Å². The van der Waals surface area contributed by atoms with Gasteiger partial charge >= 0.3 is 0 Å². The second-order valence-corrected chi connectivity index (χ2v) is 7.12. The highest BCUT2D eigenvalue weighted by molar-refractivity contribution is 5.52. The number of benzene rings is 2. The van der Waals surface area contributed by atoms with Crippen LogP contribution < -0.4 is 5.32 Å². The standard InChI is InChI=1S/C21H28N2/c1-17-9-10-20(18(2)15-17)22-16-21(11-13-23(3)14-12-21)19-7-5-4-6-8-19/h4-10,15,22H,11-14,16H2,1-3H3. The number of rotatable bonds is 4. The van der Waals surface area contributed by atoms with E-state index in [2.05, 4.69) is 79.6 Å². The van der Waals surface area contributed by atoms with Crippen LogP contribution >= 0.6 is 0 Å². The van der Waals surface area contributed by atoms with Gasteiger partial charge in [0.2, 0.25) is 0 Å². The third-order valence-corrected chi connectivity index (χ3v) is 5.33. The minimum Gasteiger partial charge on any atom is -0.384 e. The summed E-state index contributed by atoms with van der Waals surface area (Å²) in [7, 11) is 2.23. The molecule has 0 spiro atoms. The van der Waals surface area contributed by atoms with Gasteiger partial charge in [0.25, 0.3) is 0 Å². The topological polar surface area (TPSA) is 15.3 Å². The molecule has 2 nitrogen and oxygen atoms in total. The van der Waals surface area contributed by atoms with Gasteiger partial charge in [-0.25, -0.2) is 0 Å². The van der Waals surface area contributed by atoms with Crippen LogP contribution in [0.1, 0.15) is 29.5 Å². The van der Waals surface area contributed by atoms with Crippen molar-refractivity contribution in [2.45, 2.75) is 32.1 Å². The zero-order valence-electron chi connectivity index (χ0n) is 14.6. The average molecular weight is 308 g/mol. The molecule has 122 valence electrons. The van der Waals surface area contributed by atoms with Crippen LogP contribution in [0.2, 0.25) is 0 Å². The minimum absolute atomic E-state index is 0.241. The largest absolute Gasteiger partial charge is 0.384 e. The molecule has 2 aromatic rings. The van der Waals surface area contributed by atoms with Gasteiger partial charge in [0.05, 0.1) is 0 Å². The van der Waals surface area contributed by atoms with Crippen molar-refractivity contribution >= 4 is 5.69 Å². The van der Waals surface area contributed by atoms with Gasteiger partial charge < -0.3 is 10.2 Å². The SMILES string of the molecule is Cc1ccc(NCC2(c3ccccc3)CCN(C)CC2)c(C)c1. The number of piperidine rings is 1. The Morgan fingerprint density at radius 1 is 1.00 bits per heavy atom. The molecule has 0 saturated carbocycles. The fraction of sp³-hybridized carbons (Fsp3) is 0.429. The molecule has 1 N–H and O–H groups in total. The van der Waals surface area contributed by atoms with Gasteiger partial charge in [0, 0.05) is 17.6 Å². The van der Waals surface area contributed by atoms with E-state index in [9.17, 15) is 0 Å². The second-order valence-electron chi connectivity index (χ2n) is 7.12. The zero-order valence-corrected chi connectivity index (χ0v) is 14.6. The van der Waals surface area contributed by atoms with Gasteiger partial charge in [-0.2, -0.15) is 0 Å². The first-order valence-electron chi connectivity index (χ1n) is 8.64. The Morgan fingerprint density at radius 3 is 2.35 bits per heavy atom. The quantitative estimate of drug-likeness (QED) is 0.902. The van der Waals surface area contributed by atoms with Crippen molar-refractivity contribution in [1.82, 2.24) is 4.90 Å².